The highest BCUT2D eigenvalue weighted by molar-refractivity contribution is 6.32. The van der Waals surface area contributed by atoms with Gasteiger partial charge in [0.1, 0.15) is 0 Å². The van der Waals surface area contributed by atoms with Crippen LogP contribution in [0.5, 0.6) is 17.2 Å². The van der Waals surface area contributed by atoms with E-state index in [1.54, 1.807) is 0 Å². The number of anilines is 1. The molecule has 1 N–H and O–H groups in total. The molecule has 0 saturated heterocycles. The molecule has 2 aromatic carbocycles. The van der Waals surface area contributed by atoms with E-state index in [4.69, 9.17) is 21.1 Å². The van der Waals surface area contributed by atoms with Crippen molar-refractivity contribution in [1.29, 1.82) is 0 Å². The summed E-state index contributed by atoms with van der Waals surface area (Å²) in [4.78, 5) is 12.3. The zero-order chi connectivity index (χ0) is 18.6. The predicted octanol–water partition coefficient (Wildman–Crippen LogP) is 4.51. The number of hydrogen-bond donors (Lipinski definition) is 1. The van der Waals surface area contributed by atoms with E-state index in [9.17, 15) is 18.0 Å². The standard InChI is InChI=1S/C16H13ClF3NO4/c1-23-13-8-9(7-10(17)14(13)24-2)15(22)21-11-5-3-4-6-12(11)25-16(18,19)20/h3-8H,1-2H3,(H,21,22). The summed E-state index contributed by atoms with van der Waals surface area (Å²) in [5.41, 5.74) is -0.0693. The van der Waals surface area contributed by atoms with Crippen LogP contribution < -0.4 is 19.5 Å². The van der Waals surface area contributed by atoms with Gasteiger partial charge in [-0.2, -0.15) is 0 Å². The highest BCUT2D eigenvalue weighted by atomic mass is 35.5. The minimum Gasteiger partial charge on any atom is -0.493 e. The molecule has 0 aliphatic carbocycles. The van der Waals surface area contributed by atoms with Gasteiger partial charge in [0.15, 0.2) is 17.2 Å². The molecule has 5 nitrogen and oxygen atoms in total. The zero-order valence-corrected chi connectivity index (χ0v) is 13.9. The molecule has 0 radical (unpaired) electrons. The average molecular weight is 376 g/mol. The molecule has 9 heteroatoms. The summed E-state index contributed by atoms with van der Waals surface area (Å²) < 4.78 is 51.3. The number of nitrogens with one attached hydrogen (secondary N) is 1. The van der Waals surface area contributed by atoms with Gasteiger partial charge in [-0.25, -0.2) is 0 Å². The van der Waals surface area contributed by atoms with E-state index in [1.165, 1.54) is 44.6 Å². The number of carbonyl (C=O) groups is 1. The third-order valence-electron chi connectivity index (χ3n) is 3.06. The fourth-order valence-corrected chi connectivity index (χ4v) is 2.31. The van der Waals surface area contributed by atoms with Crippen LogP contribution in [0.3, 0.4) is 0 Å². The van der Waals surface area contributed by atoms with Gasteiger partial charge in [-0.1, -0.05) is 23.7 Å². The number of rotatable bonds is 5. The first-order valence-corrected chi connectivity index (χ1v) is 7.20. The topological polar surface area (TPSA) is 56.8 Å². The molecular formula is C16H13ClF3NO4. The Bertz CT molecular complexity index is 780. The van der Waals surface area contributed by atoms with Gasteiger partial charge in [-0.05, 0) is 24.3 Å². The summed E-state index contributed by atoms with van der Waals surface area (Å²) in [5.74, 6) is -0.780. The Kier molecular flexibility index (Phi) is 5.63. The van der Waals surface area contributed by atoms with Gasteiger partial charge in [0, 0.05) is 5.56 Å². The maximum atomic E-state index is 12.4. The van der Waals surface area contributed by atoms with Crippen molar-refractivity contribution in [3.05, 3.63) is 47.0 Å². The van der Waals surface area contributed by atoms with E-state index < -0.39 is 18.0 Å². The second-order valence-corrected chi connectivity index (χ2v) is 5.10. The molecule has 0 aliphatic heterocycles. The van der Waals surface area contributed by atoms with Gasteiger partial charge in [0.2, 0.25) is 0 Å². The third kappa shape index (κ3) is 4.69. The lowest BCUT2D eigenvalue weighted by molar-refractivity contribution is -0.274. The second kappa shape index (κ2) is 7.52. The van der Waals surface area contributed by atoms with Crippen molar-refractivity contribution in [3.63, 3.8) is 0 Å². The number of amides is 1. The molecule has 0 fully saturated rings. The number of methoxy groups -OCH3 is 2. The van der Waals surface area contributed by atoms with Crippen LogP contribution >= 0.6 is 11.6 Å². The summed E-state index contributed by atoms with van der Waals surface area (Å²) in [7, 11) is 2.75. The molecule has 0 aromatic heterocycles. The third-order valence-corrected chi connectivity index (χ3v) is 3.34. The van der Waals surface area contributed by atoms with Crippen molar-refractivity contribution in [2.75, 3.05) is 19.5 Å². The summed E-state index contributed by atoms with van der Waals surface area (Å²) in [5, 5.41) is 2.46. The monoisotopic (exact) mass is 375 g/mol. The summed E-state index contributed by atoms with van der Waals surface area (Å²) in [6.07, 6.45) is -4.88. The lowest BCUT2D eigenvalue weighted by atomic mass is 10.1. The fourth-order valence-electron chi connectivity index (χ4n) is 2.03. The molecule has 0 saturated carbocycles. The first-order chi connectivity index (χ1) is 11.7. The van der Waals surface area contributed by atoms with Gasteiger partial charge in [0.05, 0.1) is 24.9 Å². The number of carbonyl (C=O) groups excluding carboxylic acids is 1. The highest BCUT2D eigenvalue weighted by Crippen LogP contribution is 2.36. The Morgan fingerprint density at radius 2 is 1.76 bits per heavy atom. The molecule has 0 atom stereocenters. The van der Waals surface area contributed by atoms with E-state index in [1.807, 2.05) is 0 Å². The Morgan fingerprint density at radius 3 is 2.36 bits per heavy atom. The number of ether oxygens (including phenoxy) is 3. The van der Waals surface area contributed by atoms with Gasteiger partial charge in [-0.15, -0.1) is 13.2 Å². The molecule has 134 valence electrons. The Balaban J connectivity index is 2.31. The number of alkyl halides is 3. The van der Waals surface area contributed by atoms with Crippen LogP contribution in [-0.4, -0.2) is 26.5 Å². The largest absolute Gasteiger partial charge is 0.573 e. The van der Waals surface area contributed by atoms with Crippen LogP contribution in [0, 0.1) is 0 Å². The number of para-hydroxylation sites is 2. The molecule has 2 rings (SSSR count). The Labute approximate surface area is 146 Å². The molecular weight excluding hydrogens is 363 g/mol. The van der Waals surface area contributed by atoms with Crippen LogP contribution in [0.4, 0.5) is 18.9 Å². The lowest BCUT2D eigenvalue weighted by Crippen LogP contribution is -2.19. The van der Waals surface area contributed by atoms with Crippen molar-refractivity contribution in [2.45, 2.75) is 6.36 Å². The smallest absolute Gasteiger partial charge is 0.493 e. The maximum Gasteiger partial charge on any atom is 0.573 e. The molecule has 0 spiro atoms. The minimum atomic E-state index is -4.88. The van der Waals surface area contributed by atoms with Crippen molar-refractivity contribution in [1.82, 2.24) is 0 Å². The first kappa shape index (κ1) is 18.7. The molecule has 0 bridgehead atoms. The number of benzene rings is 2. The summed E-state index contributed by atoms with van der Waals surface area (Å²) in [6, 6.07) is 7.84. The fraction of sp³-hybridized carbons (Fsp3) is 0.188. The van der Waals surface area contributed by atoms with Crippen molar-refractivity contribution in [3.8, 4) is 17.2 Å². The van der Waals surface area contributed by atoms with Crippen LogP contribution in [0.25, 0.3) is 0 Å². The highest BCUT2D eigenvalue weighted by Gasteiger charge is 2.32. The summed E-state index contributed by atoms with van der Waals surface area (Å²) >= 11 is 6.02. The second-order valence-electron chi connectivity index (χ2n) is 4.69. The molecule has 0 heterocycles. The maximum absolute atomic E-state index is 12.4. The van der Waals surface area contributed by atoms with Crippen LogP contribution in [-0.2, 0) is 0 Å². The molecule has 25 heavy (non-hydrogen) atoms. The van der Waals surface area contributed by atoms with Crippen molar-refractivity contribution >= 4 is 23.2 Å². The minimum absolute atomic E-state index is 0.0736. The SMILES string of the molecule is COc1cc(C(=O)Nc2ccccc2OC(F)(F)F)cc(Cl)c1OC. The lowest BCUT2D eigenvalue weighted by Gasteiger charge is -2.15. The normalized spacial score (nSPS) is 11.0. The van der Waals surface area contributed by atoms with Crippen LogP contribution in [0.1, 0.15) is 10.4 Å². The average Bonchev–Trinajstić information content (AvgIpc) is 2.54. The van der Waals surface area contributed by atoms with Crippen molar-refractivity contribution < 1.29 is 32.2 Å². The van der Waals surface area contributed by atoms with E-state index in [0.717, 1.165) is 6.07 Å². The van der Waals surface area contributed by atoms with E-state index >= 15 is 0 Å². The zero-order valence-electron chi connectivity index (χ0n) is 13.1. The van der Waals surface area contributed by atoms with Gasteiger partial charge in [0.25, 0.3) is 5.91 Å². The quantitative estimate of drug-likeness (QED) is 0.835. The Morgan fingerprint density at radius 1 is 1.08 bits per heavy atom. The van der Waals surface area contributed by atoms with E-state index in [2.05, 4.69) is 10.1 Å². The number of hydrogen-bond acceptors (Lipinski definition) is 4. The predicted molar refractivity (Wildman–Crippen MR) is 85.6 cm³/mol. The molecule has 2 aromatic rings. The summed E-state index contributed by atoms with van der Waals surface area (Å²) in [6.45, 7) is 0. The van der Waals surface area contributed by atoms with E-state index in [-0.39, 0.29) is 27.8 Å². The van der Waals surface area contributed by atoms with Gasteiger partial charge < -0.3 is 19.5 Å². The van der Waals surface area contributed by atoms with Gasteiger partial charge >= 0.3 is 6.36 Å². The first-order valence-electron chi connectivity index (χ1n) is 6.83. The molecule has 1 amide bonds. The van der Waals surface area contributed by atoms with Crippen LogP contribution in [0.15, 0.2) is 36.4 Å². The molecule has 0 unspecified atom stereocenters. The van der Waals surface area contributed by atoms with Crippen LogP contribution in [0.2, 0.25) is 5.02 Å². The Hall–Kier alpha value is -2.61. The molecule has 0 aliphatic rings. The van der Waals surface area contributed by atoms with Gasteiger partial charge in [-0.3, -0.25) is 4.79 Å². The van der Waals surface area contributed by atoms with Crippen molar-refractivity contribution in [2.24, 2.45) is 0 Å². The number of halogens is 4. The van der Waals surface area contributed by atoms with E-state index in [0.29, 0.717) is 0 Å².